The van der Waals surface area contributed by atoms with Gasteiger partial charge in [0, 0.05) is 29.4 Å². The van der Waals surface area contributed by atoms with E-state index >= 15 is 0 Å². The molecular weight excluding hydrogens is 836 g/mol. The smallest absolute Gasteiger partial charge is 0.407 e. The molecule has 4 aromatic heterocycles. The minimum absolute atomic E-state index is 0. The normalized spacial score (nSPS) is 16.8. The zero-order valence-corrected chi connectivity index (χ0v) is 36.0. The number of aromatic amines is 2. The van der Waals surface area contributed by atoms with Crippen molar-refractivity contribution in [3.05, 3.63) is 82.0 Å². The van der Waals surface area contributed by atoms with Crippen LogP contribution in [0.3, 0.4) is 0 Å². The standard InChI is InChI=1S/C41H42N8O6S2.2ClH/c1-24(2)32(46-40(52)54-3)38(50)48-18-11-17-31(48)37-43-21-29(45-37)28-23-57-34-26(22-56-35(28)34)14-8-9-15-27-20-42-36(44-27)30-16-10-19-49(30)39(51)33(47-41(53)55-4)25-12-6-5-7-13-25;;/h5-7,12-13,20-24,30-33H,10-11,16-19H2,1-4H3,(H,42,44)(H,43,45)(H,46,52)(H,47,53);2*1H. The highest BCUT2D eigenvalue weighted by Gasteiger charge is 2.38. The summed E-state index contributed by atoms with van der Waals surface area (Å²) in [6.45, 7) is 4.90. The summed E-state index contributed by atoms with van der Waals surface area (Å²) in [5.74, 6) is 13.0. The number of amides is 4. The number of halogens is 2. The summed E-state index contributed by atoms with van der Waals surface area (Å²) in [4.78, 5) is 71.0. The summed E-state index contributed by atoms with van der Waals surface area (Å²) in [7, 11) is 2.55. The summed E-state index contributed by atoms with van der Waals surface area (Å²) in [6.07, 6.45) is 5.25. The van der Waals surface area contributed by atoms with Crippen molar-refractivity contribution in [2.24, 2.45) is 5.92 Å². The van der Waals surface area contributed by atoms with Gasteiger partial charge in [0.15, 0.2) is 0 Å². The molecule has 18 heteroatoms. The number of hydrogen-bond acceptors (Lipinski definition) is 10. The maximum atomic E-state index is 13.8. The van der Waals surface area contributed by atoms with Crippen LogP contribution in [0.25, 0.3) is 20.7 Å². The fourth-order valence-corrected chi connectivity index (χ4v) is 9.58. The number of H-pyrrole nitrogens is 2. The Morgan fingerprint density at radius 1 is 0.797 bits per heavy atom. The molecule has 2 aliphatic rings. The van der Waals surface area contributed by atoms with Crippen molar-refractivity contribution < 1.29 is 28.7 Å². The second-order valence-electron chi connectivity index (χ2n) is 14.0. The molecule has 0 radical (unpaired) electrons. The van der Waals surface area contributed by atoms with E-state index in [0.29, 0.717) is 36.0 Å². The third kappa shape index (κ3) is 9.69. The predicted octanol–water partition coefficient (Wildman–Crippen LogP) is 7.13. The molecule has 59 heavy (non-hydrogen) atoms. The van der Waals surface area contributed by atoms with Crippen LogP contribution < -0.4 is 10.6 Å². The molecule has 0 aliphatic carbocycles. The van der Waals surface area contributed by atoms with Gasteiger partial charge >= 0.3 is 12.2 Å². The number of fused-ring (bicyclic) bond motifs is 1. The summed E-state index contributed by atoms with van der Waals surface area (Å²) in [5.41, 5.74) is 4.00. The van der Waals surface area contributed by atoms with Gasteiger partial charge in [-0.2, -0.15) is 0 Å². The lowest BCUT2D eigenvalue weighted by molar-refractivity contribution is -0.135. The highest BCUT2D eigenvalue weighted by atomic mass is 35.5. The van der Waals surface area contributed by atoms with Gasteiger partial charge in [0.05, 0.1) is 59.4 Å². The number of ether oxygens (including phenoxy) is 2. The van der Waals surface area contributed by atoms with Crippen LogP contribution in [-0.4, -0.2) is 87.1 Å². The lowest BCUT2D eigenvalue weighted by Gasteiger charge is -2.30. The van der Waals surface area contributed by atoms with Gasteiger partial charge in [0.1, 0.15) is 29.4 Å². The summed E-state index contributed by atoms with van der Waals surface area (Å²) in [6, 6.07) is 6.97. The Morgan fingerprint density at radius 2 is 1.41 bits per heavy atom. The Bertz CT molecular complexity index is 2410. The minimum atomic E-state index is -0.897. The zero-order chi connectivity index (χ0) is 40.1. The third-order valence-corrected chi connectivity index (χ3v) is 12.3. The molecule has 2 aliphatic heterocycles. The quantitative estimate of drug-likeness (QED) is 0.113. The summed E-state index contributed by atoms with van der Waals surface area (Å²) < 4.78 is 11.7. The number of benzene rings is 1. The van der Waals surface area contributed by atoms with Crippen LogP contribution in [-0.2, 0) is 19.1 Å². The van der Waals surface area contributed by atoms with Crippen molar-refractivity contribution in [3.63, 3.8) is 0 Å². The molecule has 4 atom stereocenters. The average molecular weight is 880 g/mol. The number of alkyl carbamates (subject to hydrolysis) is 2. The number of likely N-dealkylation sites (tertiary alicyclic amines) is 2. The Hall–Kier alpha value is -5.52. The van der Waals surface area contributed by atoms with E-state index in [1.54, 1.807) is 57.0 Å². The van der Waals surface area contributed by atoms with E-state index < -0.39 is 24.3 Å². The van der Waals surface area contributed by atoms with E-state index in [-0.39, 0.29) is 54.6 Å². The van der Waals surface area contributed by atoms with Crippen LogP contribution in [0, 0.1) is 29.6 Å². The number of nitrogens with one attached hydrogen (secondary N) is 4. The number of carbonyl (C=O) groups is 4. The SMILES string of the molecule is COC(=O)NC(C(=O)N1CCCC1c1ncc(C#CC#Cc2csc3c(-c4cnc(C5CCCN5C(=O)C(NC(=O)OC)C(C)C)[nH]4)csc23)[nH]1)c1ccccc1.Cl.Cl. The topological polar surface area (TPSA) is 175 Å². The number of aromatic nitrogens is 4. The monoisotopic (exact) mass is 878 g/mol. The van der Waals surface area contributed by atoms with Gasteiger partial charge < -0.3 is 39.9 Å². The summed E-state index contributed by atoms with van der Waals surface area (Å²) >= 11 is 3.20. The average Bonchev–Trinajstić information content (AvgIpc) is 4.08. The first-order chi connectivity index (χ1) is 27.7. The van der Waals surface area contributed by atoms with Crippen molar-refractivity contribution in [1.82, 2.24) is 40.4 Å². The maximum Gasteiger partial charge on any atom is 0.407 e. The lowest BCUT2D eigenvalue weighted by Crippen LogP contribution is -2.51. The van der Waals surface area contributed by atoms with Gasteiger partial charge in [0.2, 0.25) is 5.91 Å². The van der Waals surface area contributed by atoms with E-state index in [2.05, 4.69) is 54.6 Å². The molecule has 5 aromatic rings. The molecule has 4 amide bonds. The van der Waals surface area contributed by atoms with E-state index in [4.69, 9.17) is 14.5 Å². The number of thiophene rings is 2. The van der Waals surface area contributed by atoms with Crippen LogP contribution in [0.5, 0.6) is 0 Å². The van der Waals surface area contributed by atoms with Gasteiger partial charge in [-0.05, 0) is 54.9 Å². The first-order valence-electron chi connectivity index (χ1n) is 18.6. The Labute approximate surface area is 362 Å². The van der Waals surface area contributed by atoms with E-state index in [0.717, 1.165) is 51.9 Å². The zero-order valence-electron chi connectivity index (χ0n) is 32.7. The molecule has 0 bridgehead atoms. The fraction of sp³-hybridized carbons (Fsp3) is 0.366. The molecule has 14 nitrogen and oxygen atoms in total. The molecule has 1 aromatic carbocycles. The predicted molar refractivity (Wildman–Crippen MR) is 230 cm³/mol. The molecular formula is C41H44Cl2N8O6S2. The summed E-state index contributed by atoms with van der Waals surface area (Å²) in [5, 5.41) is 9.48. The van der Waals surface area contributed by atoms with Gasteiger partial charge in [-0.15, -0.1) is 47.5 Å². The minimum Gasteiger partial charge on any atom is -0.453 e. The van der Waals surface area contributed by atoms with Crippen molar-refractivity contribution in [2.45, 2.75) is 63.7 Å². The number of rotatable bonds is 9. The van der Waals surface area contributed by atoms with Crippen molar-refractivity contribution >= 4 is 80.9 Å². The van der Waals surface area contributed by atoms with Crippen molar-refractivity contribution in [2.75, 3.05) is 27.3 Å². The number of nitrogens with zero attached hydrogens (tertiary/aromatic N) is 4. The fourth-order valence-electron chi connectivity index (χ4n) is 7.29. The number of hydrogen-bond donors (Lipinski definition) is 4. The first kappa shape index (κ1) is 44.6. The molecule has 7 rings (SSSR count). The van der Waals surface area contributed by atoms with Crippen LogP contribution in [0.15, 0.2) is 53.5 Å². The molecule has 4 N–H and O–H groups in total. The first-order valence-corrected chi connectivity index (χ1v) is 20.4. The van der Waals surface area contributed by atoms with Gasteiger partial charge in [0.25, 0.3) is 5.91 Å². The molecule has 0 saturated carbocycles. The van der Waals surface area contributed by atoms with Crippen LogP contribution >= 0.6 is 47.5 Å². The number of imidazole rings is 2. The second-order valence-corrected chi connectivity index (χ2v) is 15.8. The molecule has 2 saturated heterocycles. The highest BCUT2D eigenvalue weighted by Crippen LogP contribution is 2.40. The van der Waals surface area contributed by atoms with Gasteiger partial charge in [-0.25, -0.2) is 19.6 Å². The van der Waals surface area contributed by atoms with Crippen molar-refractivity contribution in [3.8, 4) is 34.9 Å². The van der Waals surface area contributed by atoms with Gasteiger partial charge in [-0.1, -0.05) is 50.1 Å². The Morgan fingerprint density at radius 3 is 2.08 bits per heavy atom. The third-order valence-electron chi connectivity index (χ3n) is 10.1. The van der Waals surface area contributed by atoms with Crippen molar-refractivity contribution in [1.29, 1.82) is 0 Å². The van der Waals surface area contributed by atoms with Crippen LogP contribution in [0.4, 0.5) is 9.59 Å². The maximum absolute atomic E-state index is 13.8. The number of methoxy groups -OCH3 is 2. The van der Waals surface area contributed by atoms with E-state index in [1.807, 2.05) is 37.4 Å². The Kier molecular flexibility index (Phi) is 15.1. The van der Waals surface area contributed by atoms with Crippen LogP contribution in [0.1, 0.15) is 86.1 Å². The van der Waals surface area contributed by atoms with E-state index in [1.165, 1.54) is 14.2 Å². The molecule has 0 spiro atoms. The molecule has 4 unspecified atom stereocenters. The van der Waals surface area contributed by atoms with E-state index in [9.17, 15) is 19.2 Å². The van der Waals surface area contributed by atoms with Gasteiger partial charge in [-0.3, -0.25) is 9.59 Å². The molecule has 310 valence electrons. The second kappa shape index (κ2) is 20.0. The Balaban J connectivity index is 0.00000331. The highest BCUT2D eigenvalue weighted by molar-refractivity contribution is 7.27. The molecule has 6 heterocycles. The lowest BCUT2D eigenvalue weighted by atomic mass is 10.0. The molecule has 2 fully saturated rings. The van der Waals surface area contributed by atoms with Crippen LogP contribution in [0.2, 0.25) is 0 Å². The number of carbonyl (C=O) groups excluding carboxylic acids is 4. The largest absolute Gasteiger partial charge is 0.453 e.